The SMILES string of the molecule is CN(C)[C@@H]1C(=O)C(C(N)=O)=C(O)[C@@]2(O)C(=O)C3=C(O)c4c(cc5ccc(CN6CC(F)C6)cc5c4O)C[C@H]3C[C@@H]12. The molecule has 2 aromatic carbocycles. The van der Waals surface area contributed by atoms with Crippen LogP contribution < -0.4 is 5.73 Å². The fraction of sp³-hybridized carbons (Fsp3) is 0.414. The molecule has 10 nitrogen and oxygen atoms in total. The lowest BCUT2D eigenvalue weighted by molar-refractivity contribution is -0.153. The molecule has 1 amide bonds. The van der Waals surface area contributed by atoms with E-state index in [0.29, 0.717) is 36.0 Å². The predicted molar refractivity (Wildman–Crippen MR) is 142 cm³/mol. The maximum absolute atomic E-state index is 13.9. The number of fused-ring (bicyclic) bond motifs is 4. The number of phenolic OH excluding ortho intramolecular Hbond substituents is 1. The van der Waals surface area contributed by atoms with Gasteiger partial charge in [0.2, 0.25) is 5.78 Å². The van der Waals surface area contributed by atoms with Crippen LogP contribution in [0, 0.1) is 11.8 Å². The molecule has 0 unspecified atom stereocenters. The van der Waals surface area contributed by atoms with Gasteiger partial charge in [-0.15, -0.1) is 0 Å². The minimum atomic E-state index is -2.67. The van der Waals surface area contributed by atoms with E-state index in [-0.39, 0.29) is 29.7 Å². The number of Topliss-reactive ketones (excluding diaryl/α,β-unsaturated/α-hetero) is 2. The number of ketones is 2. The van der Waals surface area contributed by atoms with Gasteiger partial charge in [-0.2, -0.15) is 0 Å². The zero-order valence-electron chi connectivity index (χ0n) is 22.0. The van der Waals surface area contributed by atoms with Crippen molar-refractivity contribution in [2.45, 2.75) is 37.2 Å². The van der Waals surface area contributed by atoms with E-state index in [9.17, 15) is 39.2 Å². The Morgan fingerprint density at radius 2 is 1.88 bits per heavy atom. The van der Waals surface area contributed by atoms with Gasteiger partial charge in [0.25, 0.3) is 5.91 Å². The number of aromatic hydroxyl groups is 1. The highest BCUT2D eigenvalue weighted by Crippen LogP contribution is 2.53. The van der Waals surface area contributed by atoms with Gasteiger partial charge in [-0.25, -0.2) is 4.39 Å². The van der Waals surface area contributed by atoms with Crippen molar-refractivity contribution in [3.8, 4) is 5.75 Å². The molecule has 3 aliphatic carbocycles. The van der Waals surface area contributed by atoms with Crippen LogP contribution in [-0.4, -0.2) is 92.7 Å². The van der Waals surface area contributed by atoms with Gasteiger partial charge in [0.1, 0.15) is 29.0 Å². The van der Waals surface area contributed by atoms with Crippen LogP contribution in [0.2, 0.25) is 0 Å². The summed E-state index contributed by atoms with van der Waals surface area (Å²) in [5, 5.41) is 46.5. The third-order valence-electron chi connectivity index (χ3n) is 8.91. The molecule has 210 valence electrons. The van der Waals surface area contributed by atoms with Crippen molar-refractivity contribution in [1.82, 2.24) is 9.80 Å². The number of nitrogens with zero attached hydrogens (tertiary/aromatic N) is 2. The van der Waals surface area contributed by atoms with Crippen LogP contribution in [-0.2, 0) is 27.3 Å². The molecule has 4 aliphatic rings. The van der Waals surface area contributed by atoms with Crippen molar-refractivity contribution in [2.24, 2.45) is 17.6 Å². The lowest BCUT2D eigenvalue weighted by Gasteiger charge is -2.50. The van der Waals surface area contributed by atoms with Crippen molar-refractivity contribution in [3.05, 3.63) is 57.9 Å². The molecule has 6 rings (SSSR count). The minimum absolute atomic E-state index is 0.0366. The second kappa shape index (κ2) is 8.85. The summed E-state index contributed by atoms with van der Waals surface area (Å²) in [6, 6.07) is 6.20. The smallest absolute Gasteiger partial charge is 0.255 e. The van der Waals surface area contributed by atoms with Crippen LogP contribution in [0.25, 0.3) is 16.5 Å². The van der Waals surface area contributed by atoms with Gasteiger partial charge in [-0.3, -0.25) is 24.2 Å². The van der Waals surface area contributed by atoms with E-state index in [1.807, 2.05) is 23.1 Å². The van der Waals surface area contributed by atoms with Crippen molar-refractivity contribution < 1.29 is 39.2 Å². The van der Waals surface area contributed by atoms with E-state index < -0.39 is 64.2 Å². The van der Waals surface area contributed by atoms with Crippen LogP contribution >= 0.6 is 0 Å². The summed E-state index contributed by atoms with van der Waals surface area (Å²) in [6.07, 6.45) is -0.580. The molecule has 1 heterocycles. The standard InChI is InChI=1S/C29H30FN3O7/c1-32(2)22-18-8-15-7-14-6-13-4-3-12(9-33-10-16(30)11-33)5-17(13)23(34)19(14)24(35)20(15)26(37)29(18,40)27(38)21(25(22)36)28(31)39/h3-6,15-16,18,22,34-35,38,40H,7-11H2,1-2H3,(H2,31,39)/t15-,18-,22-,29-/m0/s1. The van der Waals surface area contributed by atoms with E-state index in [2.05, 4.69) is 0 Å². The number of phenols is 1. The van der Waals surface area contributed by atoms with E-state index in [1.54, 1.807) is 20.2 Å². The molecular formula is C29H30FN3O7. The highest BCUT2D eigenvalue weighted by atomic mass is 19.1. The number of hydrogen-bond acceptors (Lipinski definition) is 9. The van der Waals surface area contributed by atoms with E-state index in [4.69, 9.17) is 5.73 Å². The second-order valence-corrected chi connectivity index (χ2v) is 11.6. The quantitative estimate of drug-likeness (QED) is 0.352. The zero-order chi connectivity index (χ0) is 28.8. The van der Waals surface area contributed by atoms with Crippen molar-refractivity contribution in [1.29, 1.82) is 0 Å². The second-order valence-electron chi connectivity index (χ2n) is 11.6. The van der Waals surface area contributed by atoms with Gasteiger partial charge in [-0.05, 0) is 55.4 Å². The fourth-order valence-electron chi connectivity index (χ4n) is 7.05. The average molecular weight is 552 g/mol. The third kappa shape index (κ3) is 3.54. The summed E-state index contributed by atoms with van der Waals surface area (Å²) in [7, 11) is 3.12. The number of aliphatic hydroxyl groups is 3. The van der Waals surface area contributed by atoms with Gasteiger partial charge in [0, 0.05) is 36.5 Å². The van der Waals surface area contributed by atoms with E-state index in [0.717, 1.165) is 5.56 Å². The molecule has 0 aromatic heterocycles. The number of amides is 1. The first kappa shape index (κ1) is 26.4. The molecule has 11 heteroatoms. The van der Waals surface area contributed by atoms with Crippen LogP contribution in [0.15, 0.2) is 41.2 Å². The molecule has 1 saturated heterocycles. The Balaban J connectivity index is 1.48. The molecular weight excluding hydrogens is 521 g/mol. The van der Waals surface area contributed by atoms with Crippen LogP contribution in [0.1, 0.15) is 23.1 Å². The summed E-state index contributed by atoms with van der Waals surface area (Å²) < 4.78 is 13.3. The van der Waals surface area contributed by atoms with Crippen LogP contribution in [0.3, 0.4) is 0 Å². The number of carbonyl (C=O) groups is 3. The number of likely N-dealkylation sites (N-methyl/N-ethyl adjacent to an activating group) is 1. The maximum atomic E-state index is 13.9. The van der Waals surface area contributed by atoms with Crippen molar-refractivity contribution in [3.63, 3.8) is 0 Å². The zero-order valence-corrected chi connectivity index (χ0v) is 22.0. The summed E-state index contributed by atoms with van der Waals surface area (Å²) in [6.45, 7) is 1.18. The molecule has 1 saturated carbocycles. The molecule has 2 fully saturated rings. The van der Waals surface area contributed by atoms with Gasteiger partial charge in [-0.1, -0.05) is 18.2 Å². The monoisotopic (exact) mass is 551 g/mol. The number of alkyl halides is 1. The number of benzene rings is 2. The van der Waals surface area contributed by atoms with Gasteiger partial charge in [0.15, 0.2) is 11.4 Å². The summed E-state index contributed by atoms with van der Waals surface area (Å²) >= 11 is 0. The minimum Gasteiger partial charge on any atom is -0.508 e. The summed E-state index contributed by atoms with van der Waals surface area (Å²) in [4.78, 5) is 42.6. The number of aliphatic hydroxyl groups excluding tert-OH is 2. The summed E-state index contributed by atoms with van der Waals surface area (Å²) in [5.41, 5.74) is 3.14. The normalized spacial score (nSPS) is 29.0. The van der Waals surface area contributed by atoms with E-state index >= 15 is 0 Å². The highest BCUT2D eigenvalue weighted by Gasteiger charge is 2.64. The molecule has 0 spiro atoms. The van der Waals surface area contributed by atoms with E-state index in [1.165, 1.54) is 4.90 Å². The number of hydrogen-bond donors (Lipinski definition) is 5. The van der Waals surface area contributed by atoms with Crippen molar-refractivity contribution >= 4 is 34.0 Å². The fourth-order valence-corrected chi connectivity index (χ4v) is 7.05. The first-order chi connectivity index (χ1) is 18.8. The molecule has 6 N–H and O–H groups in total. The van der Waals surface area contributed by atoms with Crippen LogP contribution in [0.5, 0.6) is 5.75 Å². The van der Waals surface area contributed by atoms with Gasteiger partial charge < -0.3 is 26.2 Å². The molecule has 0 bridgehead atoms. The summed E-state index contributed by atoms with van der Waals surface area (Å²) in [5.74, 6) is -6.73. The number of rotatable bonds is 4. The Bertz CT molecular complexity index is 1570. The number of nitrogens with two attached hydrogens (primary N) is 1. The molecule has 4 atom stereocenters. The molecule has 1 aliphatic heterocycles. The number of primary amides is 1. The van der Waals surface area contributed by atoms with Crippen molar-refractivity contribution in [2.75, 3.05) is 27.2 Å². The van der Waals surface area contributed by atoms with Gasteiger partial charge >= 0.3 is 0 Å². The molecule has 0 radical (unpaired) electrons. The lowest BCUT2D eigenvalue weighted by Crippen LogP contribution is -2.65. The maximum Gasteiger partial charge on any atom is 0.255 e. The Hall–Kier alpha value is -3.80. The Labute approximate surface area is 228 Å². The third-order valence-corrected chi connectivity index (χ3v) is 8.91. The Kier molecular flexibility index (Phi) is 5.85. The largest absolute Gasteiger partial charge is 0.508 e. The Morgan fingerprint density at radius 3 is 2.50 bits per heavy atom. The Morgan fingerprint density at radius 1 is 1.18 bits per heavy atom. The molecule has 2 aromatic rings. The predicted octanol–water partition coefficient (Wildman–Crippen LogP) is 1.27. The number of halogens is 1. The number of carbonyl (C=O) groups excluding carboxylic acids is 3. The lowest BCUT2D eigenvalue weighted by atomic mass is 9.57. The number of likely N-dealkylation sites (tertiary alicyclic amines) is 1. The topological polar surface area (TPSA) is 165 Å². The average Bonchev–Trinajstić information content (AvgIpc) is 2.85. The first-order valence-electron chi connectivity index (χ1n) is 13.1. The first-order valence-corrected chi connectivity index (χ1v) is 13.1. The van der Waals surface area contributed by atoms with Gasteiger partial charge in [0.05, 0.1) is 11.6 Å². The highest BCUT2D eigenvalue weighted by molar-refractivity contribution is 6.24. The van der Waals surface area contributed by atoms with Crippen LogP contribution in [0.4, 0.5) is 4.39 Å². The molecule has 40 heavy (non-hydrogen) atoms.